The quantitative estimate of drug-likeness (QED) is 0.828. The normalized spacial score (nSPS) is 17.2. The fraction of sp³-hybridized carbons (Fsp3) is 0.353. The summed E-state index contributed by atoms with van der Waals surface area (Å²) in [4.78, 5) is 14.0. The van der Waals surface area contributed by atoms with E-state index in [2.05, 4.69) is 23.7 Å². The Balaban J connectivity index is 1.77. The number of nitrogen functional groups attached to an aromatic ring is 1. The lowest BCUT2D eigenvalue weighted by Gasteiger charge is -2.21. The minimum absolute atomic E-state index is 0.115. The molecule has 1 saturated carbocycles. The van der Waals surface area contributed by atoms with Gasteiger partial charge in [0.25, 0.3) is 0 Å². The van der Waals surface area contributed by atoms with E-state index in [1.54, 1.807) is 11.3 Å². The van der Waals surface area contributed by atoms with Crippen LogP contribution in [0.4, 0.5) is 5.69 Å². The van der Waals surface area contributed by atoms with Gasteiger partial charge in [0, 0.05) is 10.6 Å². The van der Waals surface area contributed by atoms with E-state index in [4.69, 9.17) is 5.73 Å². The molecule has 4 heteroatoms. The molecular formula is C17H20N2OS. The predicted octanol–water partition coefficient (Wildman–Crippen LogP) is 3.63. The second kappa shape index (κ2) is 5.53. The van der Waals surface area contributed by atoms with Gasteiger partial charge in [-0.2, -0.15) is 0 Å². The third-order valence-electron chi connectivity index (χ3n) is 4.25. The second-order valence-electron chi connectivity index (χ2n) is 5.65. The molecule has 0 aliphatic heterocycles. The first kappa shape index (κ1) is 14.1. The highest BCUT2D eigenvalue weighted by Crippen LogP contribution is 2.49. The number of benzene rings is 1. The van der Waals surface area contributed by atoms with Gasteiger partial charge in [-0.25, -0.2) is 0 Å². The molecule has 0 radical (unpaired) electrons. The maximum absolute atomic E-state index is 12.7. The van der Waals surface area contributed by atoms with Crippen molar-refractivity contribution < 1.29 is 4.79 Å². The summed E-state index contributed by atoms with van der Waals surface area (Å²) in [7, 11) is 0. The van der Waals surface area contributed by atoms with E-state index in [0.717, 1.165) is 30.5 Å². The van der Waals surface area contributed by atoms with Gasteiger partial charge in [-0.05, 0) is 48.4 Å². The van der Waals surface area contributed by atoms with E-state index in [-0.39, 0.29) is 17.4 Å². The van der Waals surface area contributed by atoms with Gasteiger partial charge < -0.3 is 11.1 Å². The van der Waals surface area contributed by atoms with Gasteiger partial charge in [0.05, 0.1) is 11.5 Å². The summed E-state index contributed by atoms with van der Waals surface area (Å²) in [6, 6.07) is 11.9. The van der Waals surface area contributed by atoms with Gasteiger partial charge in [-0.1, -0.05) is 25.1 Å². The number of nitrogens with one attached hydrogen (secondary N) is 1. The van der Waals surface area contributed by atoms with Crippen molar-refractivity contribution in [3.8, 4) is 0 Å². The molecular weight excluding hydrogens is 280 g/mol. The number of carbonyl (C=O) groups excluding carboxylic acids is 1. The lowest BCUT2D eigenvalue weighted by Crippen LogP contribution is -2.37. The van der Waals surface area contributed by atoms with E-state index in [1.807, 2.05) is 30.3 Å². The van der Waals surface area contributed by atoms with Crippen molar-refractivity contribution in [1.29, 1.82) is 0 Å². The number of nitrogens with two attached hydrogens (primary N) is 1. The SMILES string of the molecule is CCC(NC(=O)C1(c2ccc(N)cc2)CC1)c1cccs1. The van der Waals surface area contributed by atoms with Crippen LogP contribution >= 0.6 is 11.3 Å². The van der Waals surface area contributed by atoms with Crippen LogP contribution in [0, 0.1) is 0 Å². The Morgan fingerprint density at radius 2 is 2.05 bits per heavy atom. The number of amides is 1. The Hall–Kier alpha value is -1.81. The topological polar surface area (TPSA) is 55.1 Å². The number of hydrogen-bond acceptors (Lipinski definition) is 3. The maximum Gasteiger partial charge on any atom is 0.231 e. The molecule has 1 aromatic carbocycles. The molecule has 1 fully saturated rings. The minimum atomic E-state index is -0.335. The highest BCUT2D eigenvalue weighted by Gasteiger charge is 2.51. The summed E-state index contributed by atoms with van der Waals surface area (Å²) in [6.07, 6.45) is 2.75. The van der Waals surface area contributed by atoms with Gasteiger partial charge in [0.1, 0.15) is 0 Å². The molecule has 3 N–H and O–H groups in total. The van der Waals surface area contributed by atoms with Crippen LogP contribution in [0.25, 0.3) is 0 Å². The predicted molar refractivity (Wildman–Crippen MR) is 87.3 cm³/mol. The van der Waals surface area contributed by atoms with Crippen LogP contribution < -0.4 is 11.1 Å². The minimum Gasteiger partial charge on any atom is -0.399 e. The van der Waals surface area contributed by atoms with Gasteiger partial charge in [-0.15, -0.1) is 11.3 Å². The van der Waals surface area contributed by atoms with Crippen molar-refractivity contribution in [3.05, 3.63) is 52.2 Å². The van der Waals surface area contributed by atoms with Crippen molar-refractivity contribution in [3.63, 3.8) is 0 Å². The molecule has 1 aliphatic carbocycles. The standard InChI is InChI=1S/C17H20N2OS/c1-2-14(15-4-3-11-21-15)19-16(20)17(9-10-17)12-5-7-13(18)8-6-12/h3-8,11,14H,2,9-10,18H2,1H3,(H,19,20). The summed E-state index contributed by atoms with van der Waals surface area (Å²) >= 11 is 1.70. The number of carbonyl (C=O) groups is 1. The van der Waals surface area contributed by atoms with Gasteiger partial charge in [0.15, 0.2) is 0 Å². The molecule has 3 rings (SSSR count). The molecule has 0 bridgehead atoms. The van der Waals surface area contributed by atoms with Crippen LogP contribution in [-0.2, 0) is 10.2 Å². The molecule has 1 unspecified atom stereocenters. The third-order valence-corrected chi connectivity index (χ3v) is 5.23. The van der Waals surface area contributed by atoms with E-state index < -0.39 is 0 Å². The largest absolute Gasteiger partial charge is 0.399 e. The van der Waals surface area contributed by atoms with Crippen molar-refractivity contribution in [1.82, 2.24) is 5.32 Å². The zero-order chi connectivity index (χ0) is 14.9. The highest BCUT2D eigenvalue weighted by atomic mass is 32.1. The summed E-state index contributed by atoms with van der Waals surface area (Å²) in [5.41, 5.74) is 7.21. The number of rotatable bonds is 5. The summed E-state index contributed by atoms with van der Waals surface area (Å²) in [5, 5.41) is 5.28. The molecule has 1 heterocycles. The lowest BCUT2D eigenvalue weighted by molar-refractivity contribution is -0.124. The molecule has 0 saturated heterocycles. The van der Waals surface area contributed by atoms with Gasteiger partial charge in [-0.3, -0.25) is 4.79 Å². The van der Waals surface area contributed by atoms with Crippen LogP contribution in [-0.4, -0.2) is 5.91 Å². The summed E-state index contributed by atoms with van der Waals surface area (Å²) < 4.78 is 0. The molecule has 1 atom stereocenters. The first-order valence-electron chi connectivity index (χ1n) is 7.36. The molecule has 1 aliphatic rings. The molecule has 0 spiro atoms. The Morgan fingerprint density at radius 3 is 2.57 bits per heavy atom. The van der Waals surface area contributed by atoms with E-state index in [9.17, 15) is 4.79 Å². The van der Waals surface area contributed by atoms with E-state index >= 15 is 0 Å². The Labute approximate surface area is 129 Å². The van der Waals surface area contributed by atoms with Gasteiger partial charge >= 0.3 is 0 Å². The van der Waals surface area contributed by atoms with Crippen molar-refractivity contribution in [2.45, 2.75) is 37.6 Å². The average Bonchev–Trinajstić information content (AvgIpc) is 3.13. The first-order valence-corrected chi connectivity index (χ1v) is 8.24. The Morgan fingerprint density at radius 1 is 1.33 bits per heavy atom. The van der Waals surface area contributed by atoms with Crippen LogP contribution in [0.15, 0.2) is 41.8 Å². The van der Waals surface area contributed by atoms with Crippen LogP contribution in [0.3, 0.4) is 0 Å². The smallest absolute Gasteiger partial charge is 0.231 e. The molecule has 1 aromatic heterocycles. The highest BCUT2D eigenvalue weighted by molar-refractivity contribution is 7.10. The van der Waals surface area contributed by atoms with Crippen molar-refractivity contribution >= 4 is 22.9 Å². The third kappa shape index (κ3) is 2.68. The molecule has 21 heavy (non-hydrogen) atoms. The van der Waals surface area contributed by atoms with Crippen molar-refractivity contribution in [2.75, 3.05) is 5.73 Å². The molecule has 2 aromatic rings. The van der Waals surface area contributed by atoms with E-state index in [1.165, 1.54) is 4.88 Å². The lowest BCUT2D eigenvalue weighted by atomic mass is 9.94. The summed E-state index contributed by atoms with van der Waals surface area (Å²) in [6.45, 7) is 2.10. The second-order valence-corrected chi connectivity index (χ2v) is 6.63. The molecule has 1 amide bonds. The number of anilines is 1. The number of thiophene rings is 1. The van der Waals surface area contributed by atoms with E-state index in [0.29, 0.717) is 0 Å². The van der Waals surface area contributed by atoms with Crippen LogP contribution in [0.1, 0.15) is 42.7 Å². The Kier molecular flexibility index (Phi) is 3.72. The monoisotopic (exact) mass is 300 g/mol. The first-order chi connectivity index (χ1) is 10.2. The molecule has 110 valence electrons. The molecule has 3 nitrogen and oxygen atoms in total. The zero-order valence-electron chi connectivity index (χ0n) is 12.1. The zero-order valence-corrected chi connectivity index (χ0v) is 13.0. The van der Waals surface area contributed by atoms with Crippen LogP contribution in [0.5, 0.6) is 0 Å². The fourth-order valence-corrected chi connectivity index (χ4v) is 3.60. The maximum atomic E-state index is 12.7. The average molecular weight is 300 g/mol. The van der Waals surface area contributed by atoms with Crippen molar-refractivity contribution in [2.24, 2.45) is 0 Å². The Bertz CT molecular complexity index is 615. The number of hydrogen-bond donors (Lipinski definition) is 2. The summed E-state index contributed by atoms with van der Waals surface area (Å²) in [5.74, 6) is 0.146. The van der Waals surface area contributed by atoms with Gasteiger partial charge in [0.2, 0.25) is 5.91 Å². The fourth-order valence-electron chi connectivity index (χ4n) is 2.73. The van der Waals surface area contributed by atoms with Crippen LogP contribution in [0.2, 0.25) is 0 Å².